The van der Waals surface area contributed by atoms with E-state index >= 15 is 0 Å². The maximum absolute atomic E-state index is 12.5. The van der Waals surface area contributed by atoms with Crippen LogP contribution in [0.25, 0.3) is 0 Å². The van der Waals surface area contributed by atoms with Gasteiger partial charge in [0.2, 0.25) is 0 Å². The molecule has 21 heavy (non-hydrogen) atoms. The number of ether oxygens (including phenoxy) is 1. The molecule has 0 aliphatic heterocycles. The highest BCUT2D eigenvalue weighted by atomic mass is 16.5. The minimum Gasteiger partial charge on any atom is -0.458 e. The zero-order valence-corrected chi connectivity index (χ0v) is 13.6. The number of esters is 1. The summed E-state index contributed by atoms with van der Waals surface area (Å²) in [5.74, 6) is 1.33. The van der Waals surface area contributed by atoms with Crippen LogP contribution in [0.2, 0.25) is 0 Å². The van der Waals surface area contributed by atoms with E-state index in [0.717, 1.165) is 18.4 Å². The average Bonchev–Trinajstić information content (AvgIpc) is 2.41. The number of anilines is 1. The molecular formula is C18H27NO2. The van der Waals surface area contributed by atoms with E-state index in [2.05, 4.69) is 20.8 Å². The van der Waals surface area contributed by atoms with Crippen LogP contribution in [0.1, 0.15) is 56.0 Å². The summed E-state index contributed by atoms with van der Waals surface area (Å²) in [7, 11) is 0. The SMILES string of the molecule is Cc1cccc(C(=O)OC2CC(C)CCC2C(C)C)c1N. The zero-order chi connectivity index (χ0) is 15.6. The Balaban J connectivity index is 2.14. The molecule has 0 amide bonds. The van der Waals surface area contributed by atoms with Gasteiger partial charge in [0.15, 0.2) is 0 Å². The molecule has 3 unspecified atom stereocenters. The first-order valence-corrected chi connectivity index (χ1v) is 7.96. The predicted molar refractivity (Wildman–Crippen MR) is 86.1 cm³/mol. The Morgan fingerprint density at radius 2 is 2.05 bits per heavy atom. The third kappa shape index (κ3) is 3.58. The van der Waals surface area contributed by atoms with E-state index in [1.54, 1.807) is 6.07 Å². The topological polar surface area (TPSA) is 52.3 Å². The molecular weight excluding hydrogens is 262 g/mol. The Kier molecular flexibility index (Phi) is 4.92. The zero-order valence-electron chi connectivity index (χ0n) is 13.6. The van der Waals surface area contributed by atoms with Crippen molar-refractivity contribution >= 4 is 11.7 Å². The lowest BCUT2D eigenvalue weighted by atomic mass is 9.75. The molecule has 1 aliphatic rings. The van der Waals surface area contributed by atoms with Gasteiger partial charge in [-0.05, 0) is 49.1 Å². The van der Waals surface area contributed by atoms with Crippen LogP contribution in [0.5, 0.6) is 0 Å². The second-order valence-corrected chi connectivity index (χ2v) is 6.81. The summed E-state index contributed by atoms with van der Waals surface area (Å²) < 4.78 is 5.84. The van der Waals surface area contributed by atoms with E-state index in [1.807, 2.05) is 19.1 Å². The number of nitrogen functional groups attached to an aromatic ring is 1. The van der Waals surface area contributed by atoms with Crippen molar-refractivity contribution in [2.45, 2.75) is 53.1 Å². The number of rotatable bonds is 3. The van der Waals surface area contributed by atoms with Crippen LogP contribution in [-0.4, -0.2) is 12.1 Å². The van der Waals surface area contributed by atoms with E-state index in [1.165, 1.54) is 6.42 Å². The lowest BCUT2D eigenvalue weighted by molar-refractivity contribution is -0.0173. The number of carbonyl (C=O) groups is 1. The van der Waals surface area contributed by atoms with Crippen molar-refractivity contribution in [3.05, 3.63) is 29.3 Å². The normalized spacial score (nSPS) is 25.9. The minimum absolute atomic E-state index is 0.0150. The first-order chi connectivity index (χ1) is 9.90. The summed E-state index contributed by atoms with van der Waals surface area (Å²) in [5, 5.41) is 0. The van der Waals surface area contributed by atoms with Crippen molar-refractivity contribution in [1.82, 2.24) is 0 Å². The van der Waals surface area contributed by atoms with E-state index < -0.39 is 0 Å². The lowest BCUT2D eigenvalue weighted by Gasteiger charge is -2.36. The van der Waals surface area contributed by atoms with Crippen molar-refractivity contribution in [2.24, 2.45) is 17.8 Å². The largest absolute Gasteiger partial charge is 0.458 e. The van der Waals surface area contributed by atoms with Gasteiger partial charge in [-0.25, -0.2) is 4.79 Å². The first kappa shape index (κ1) is 15.9. The minimum atomic E-state index is -0.277. The van der Waals surface area contributed by atoms with Crippen LogP contribution >= 0.6 is 0 Å². The van der Waals surface area contributed by atoms with Gasteiger partial charge in [0.05, 0.1) is 5.56 Å². The number of hydrogen-bond donors (Lipinski definition) is 1. The molecule has 2 rings (SSSR count). The van der Waals surface area contributed by atoms with Gasteiger partial charge in [0, 0.05) is 5.69 Å². The molecule has 3 atom stereocenters. The van der Waals surface area contributed by atoms with Crippen LogP contribution in [0.15, 0.2) is 18.2 Å². The maximum Gasteiger partial charge on any atom is 0.340 e. The third-order valence-electron chi connectivity index (χ3n) is 4.76. The Hall–Kier alpha value is -1.51. The molecule has 0 heterocycles. The summed E-state index contributed by atoms with van der Waals surface area (Å²) in [6, 6.07) is 5.51. The molecule has 3 nitrogen and oxygen atoms in total. The number of benzene rings is 1. The average molecular weight is 289 g/mol. The monoisotopic (exact) mass is 289 g/mol. The van der Waals surface area contributed by atoms with Gasteiger partial charge < -0.3 is 10.5 Å². The van der Waals surface area contributed by atoms with Gasteiger partial charge in [-0.1, -0.05) is 39.3 Å². The molecule has 0 radical (unpaired) electrons. The molecule has 1 aliphatic carbocycles. The first-order valence-electron chi connectivity index (χ1n) is 7.96. The number of para-hydroxylation sites is 1. The Bertz CT molecular complexity index is 510. The van der Waals surface area contributed by atoms with Crippen molar-refractivity contribution in [1.29, 1.82) is 0 Å². The molecule has 1 saturated carbocycles. The number of aryl methyl sites for hydroxylation is 1. The molecule has 3 heteroatoms. The quantitative estimate of drug-likeness (QED) is 0.670. The van der Waals surface area contributed by atoms with Crippen molar-refractivity contribution in [3.63, 3.8) is 0 Å². The highest BCUT2D eigenvalue weighted by molar-refractivity contribution is 5.95. The van der Waals surface area contributed by atoms with Gasteiger partial charge in [-0.3, -0.25) is 0 Å². The Labute approximate surface area is 127 Å². The summed E-state index contributed by atoms with van der Waals surface area (Å²) >= 11 is 0. The van der Waals surface area contributed by atoms with Gasteiger partial charge in [0.25, 0.3) is 0 Å². The van der Waals surface area contributed by atoms with Crippen molar-refractivity contribution in [3.8, 4) is 0 Å². The number of nitrogens with two attached hydrogens (primary N) is 1. The highest BCUT2D eigenvalue weighted by Crippen LogP contribution is 2.36. The van der Waals surface area contributed by atoms with Crippen LogP contribution in [0.3, 0.4) is 0 Å². The van der Waals surface area contributed by atoms with Gasteiger partial charge in [0.1, 0.15) is 6.10 Å². The van der Waals surface area contributed by atoms with E-state index in [0.29, 0.717) is 29.0 Å². The van der Waals surface area contributed by atoms with Gasteiger partial charge in [-0.2, -0.15) is 0 Å². The predicted octanol–water partition coefficient (Wildman–Crippen LogP) is 4.19. The second kappa shape index (κ2) is 6.50. The third-order valence-corrected chi connectivity index (χ3v) is 4.76. The molecule has 1 aromatic carbocycles. The molecule has 0 bridgehead atoms. The van der Waals surface area contributed by atoms with Crippen LogP contribution in [0.4, 0.5) is 5.69 Å². The summed E-state index contributed by atoms with van der Waals surface area (Å²) in [5.41, 5.74) is 7.96. The number of hydrogen-bond acceptors (Lipinski definition) is 3. The Morgan fingerprint density at radius 1 is 1.33 bits per heavy atom. The van der Waals surface area contributed by atoms with Crippen LogP contribution in [-0.2, 0) is 4.74 Å². The molecule has 0 saturated heterocycles. The summed E-state index contributed by atoms with van der Waals surface area (Å²) in [6.07, 6.45) is 3.34. The highest BCUT2D eigenvalue weighted by Gasteiger charge is 2.33. The fourth-order valence-corrected chi connectivity index (χ4v) is 3.31. The van der Waals surface area contributed by atoms with Crippen LogP contribution in [0, 0.1) is 24.7 Å². The summed E-state index contributed by atoms with van der Waals surface area (Å²) in [4.78, 5) is 12.5. The van der Waals surface area contributed by atoms with E-state index in [9.17, 15) is 4.79 Å². The number of carbonyl (C=O) groups excluding carboxylic acids is 1. The van der Waals surface area contributed by atoms with E-state index in [4.69, 9.17) is 10.5 Å². The van der Waals surface area contributed by atoms with Gasteiger partial charge in [-0.15, -0.1) is 0 Å². The molecule has 1 fully saturated rings. The molecule has 0 spiro atoms. The maximum atomic E-state index is 12.5. The van der Waals surface area contributed by atoms with Crippen LogP contribution < -0.4 is 5.73 Å². The fraction of sp³-hybridized carbons (Fsp3) is 0.611. The van der Waals surface area contributed by atoms with E-state index in [-0.39, 0.29) is 12.1 Å². The smallest absolute Gasteiger partial charge is 0.340 e. The molecule has 116 valence electrons. The fourth-order valence-electron chi connectivity index (χ4n) is 3.31. The summed E-state index contributed by atoms with van der Waals surface area (Å²) in [6.45, 7) is 8.56. The standard InChI is InChI=1S/C18H27NO2/c1-11(2)14-9-8-12(3)10-16(14)21-18(20)15-7-5-6-13(4)17(15)19/h5-7,11-12,14,16H,8-10,19H2,1-4H3. The van der Waals surface area contributed by atoms with Crippen molar-refractivity contribution in [2.75, 3.05) is 5.73 Å². The van der Waals surface area contributed by atoms with Crippen molar-refractivity contribution < 1.29 is 9.53 Å². The lowest BCUT2D eigenvalue weighted by Crippen LogP contribution is -2.36. The van der Waals surface area contributed by atoms with Gasteiger partial charge >= 0.3 is 5.97 Å². The molecule has 0 aromatic heterocycles. The Morgan fingerprint density at radius 3 is 2.71 bits per heavy atom. The molecule has 1 aromatic rings. The molecule has 2 N–H and O–H groups in total. The second-order valence-electron chi connectivity index (χ2n) is 6.81.